The van der Waals surface area contributed by atoms with Gasteiger partial charge in [-0.1, -0.05) is 12.1 Å². The maximum absolute atomic E-state index is 11.8. The van der Waals surface area contributed by atoms with E-state index in [4.69, 9.17) is 9.37 Å². The van der Waals surface area contributed by atoms with Crippen LogP contribution in [-0.2, 0) is 9.53 Å². The maximum Gasteiger partial charge on any atom is 0.313 e. The Morgan fingerprint density at radius 3 is 2.50 bits per heavy atom. The number of fused-ring (bicyclic) bond motifs is 2. The van der Waals surface area contributed by atoms with Crippen LogP contribution < -0.4 is 0 Å². The van der Waals surface area contributed by atoms with Crippen LogP contribution >= 0.6 is 0 Å². The number of allylic oxidation sites excluding steroid dienone is 1. The van der Waals surface area contributed by atoms with Crippen molar-refractivity contribution in [1.82, 2.24) is 20.1 Å². The highest BCUT2D eigenvalue weighted by atomic mass is 16.6. The number of benzene rings is 1. The predicted molar refractivity (Wildman–Crippen MR) is 115 cm³/mol. The quantitative estimate of drug-likeness (QED) is 0.637. The van der Waals surface area contributed by atoms with Gasteiger partial charge < -0.3 is 14.9 Å². The number of aromatic nitrogens is 2. The van der Waals surface area contributed by atoms with Gasteiger partial charge in [0.25, 0.3) is 0 Å². The average molecular weight is 441 g/mol. The van der Waals surface area contributed by atoms with E-state index in [0.29, 0.717) is 37.2 Å². The van der Waals surface area contributed by atoms with E-state index < -0.39 is 12.2 Å². The normalized spacial score (nSPS) is 24.4. The van der Waals surface area contributed by atoms with Crippen molar-refractivity contribution in [2.24, 2.45) is 5.92 Å². The summed E-state index contributed by atoms with van der Waals surface area (Å²) in [6.07, 6.45) is 1.41. The molecule has 5 rings (SSSR count). The van der Waals surface area contributed by atoms with E-state index in [1.807, 2.05) is 25.1 Å². The number of carbonyl (C=O) groups is 1. The molecule has 3 heterocycles. The van der Waals surface area contributed by atoms with Crippen LogP contribution in [0.4, 0.5) is 0 Å². The summed E-state index contributed by atoms with van der Waals surface area (Å²) in [5, 5.41) is 29.2. The minimum atomic E-state index is -0.612. The Morgan fingerprint density at radius 1 is 1.06 bits per heavy atom. The number of β-amino-alcohol motifs (C(OH)–C–C–N with tert-alkyl or cyclic N) is 2. The van der Waals surface area contributed by atoms with Gasteiger partial charge in [-0.3, -0.25) is 14.6 Å². The third kappa shape index (κ3) is 4.09. The number of piperazine rings is 1. The van der Waals surface area contributed by atoms with Crippen molar-refractivity contribution in [2.45, 2.75) is 25.6 Å². The summed E-state index contributed by atoms with van der Waals surface area (Å²) >= 11 is 0. The minimum Gasteiger partial charge on any atom is -0.461 e. The largest absolute Gasteiger partial charge is 0.461 e. The minimum absolute atomic E-state index is 0.153. The van der Waals surface area contributed by atoms with Crippen molar-refractivity contribution in [3.63, 3.8) is 0 Å². The van der Waals surface area contributed by atoms with Crippen LogP contribution in [0.1, 0.15) is 25.0 Å². The van der Waals surface area contributed by atoms with Gasteiger partial charge in [0.15, 0.2) is 0 Å². The number of carbonyl (C=O) groups excluding carboxylic acids is 1. The van der Waals surface area contributed by atoms with Crippen molar-refractivity contribution in [3.05, 3.63) is 46.6 Å². The van der Waals surface area contributed by atoms with E-state index in [-0.39, 0.29) is 11.9 Å². The first kappa shape index (κ1) is 21.3. The number of nitrogens with zero attached hydrogens (tertiary/aromatic N) is 4. The Balaban J connectivity index is 1.13. The van der Waals surface area contributed by atoms with Gasteiger partial charge in [0.05, 0.1) is 18.1 Å². The van der Waals surface area contributed by atoms with Crippen LogP contribution in [0.2, 0.25) is 0 Å². The van der Waals surface area contributed by atoms with Gasteiger partial charge in [0, 0.05) is 39.3 Å². The molecule has 2 N–H and O–H groups in total. The second-order valence-electron chi connectivity index (χ2n) is 8.85. The number of aliphatic hydroxyl groups is 2. The fraction of sp³-hybridized carbons (Fsp3) is 0.522. The number of hydrogen-bond donors (Lipinski definition) is 2. The molecule has 1 aromatic carbocycles. The standard InChI is InChI=1S/C23H28N4O5/c1-14-16(3-4-17-18(14)13-31-23(17)30)22(29)12-27-8-6-26(7-9-27)11-21(28)15-2-5-19-20(10-15)25-32-24-19/h2-3,5,10,17,21-22,28-29H,4,6-9,11-13H2,1H3. The number of hydrogen-bond acceptors (Lipinski definition) is 9. The third-order valence-corrected chi connectivity index (χ3v) is 6.91. The number of aliphatic hydroxyl groups excluding tert-OH is 2. The second-order valence-corrected chi connectivity index (χ2v) is 8.85. The Morgan fingerprint density at radius 2 is 1.75 bits per heavy atom. The van der Waals surface area contributed by atoms with Crippen LogP contribution in [-0.4, -0.2) is 88.3 Å². The smallest absolute Gasteiger partial charge is 0.313 e. The van der Waals surface area contributed by atoms with Gasteiger partial charge in [-0.15, -0.1) is 0 Å². The number of rotatable bonds is 6. The summed E-state index contributed by atoms with van der Waals surface area (Å²) in [5.41, 5.74) is 5.05. The van der Waals surface area contributed by atoms with Crippen molar-refractivity contribution in [3.8, 4) is 0 Å². The van der Waals surface area contributed by atoms with E-state index >= 15 is 0 Å². The number of cyclic esters (lactones) is 1. The Kier molecular flexibility index (Phi) is 5.81. The molecule has 0 bridgehead atoms. The fourth-order valence-corrected chi connectivity index (χ4v) is 4.92. The molecule has 3 unspecified atom stereocenters. The molecular weight excluding hydrogens is 412 g/mol. The highest BCUT2D eigenvalue weighted by Crippen LogP contribution is 2.36. The molecule has 9 nitrogen and oxygen atoms in total. The highest BCUT2D eigenvalue weighted by molar-refractivity contribution is 5.80. The topological polar surface area (TPSA) is 112 Å². The lowest BCUT2D eigenvalue weighted by Gasteiger charge is -2.37. The van der Waals surface area contributed by atoms with Crippen LogP contribution in [0, 0.1) is 5.92 Å². The summed E-state index contributed by atoms with van der Waals surface area (Å²) < 4.78 is 9.90. The fourth-order valence-electron chi connectivity index (χ4n) is 4.92. The Bertz CT molecular complexity index is 1070. The second kappa shape index (κ2) is 8.74. The Labute approximate surface area is 185 Å². The molecular formula is C23H28N4O5. The van der Waals surface area contributed by atoms with Crippen LogP contribution in [0.15, 0.2) is 45.6 Å². The zero-order valence-corrected chi connectivity index (χ0v) is 18.1. The third-order valence-electron chi connectivity index (χ3n) is 6.91. The lowest BCUT2D eigenvalue weighted by Crippen LogP contribution is -2.49. The molecule has 0 radical (unpaired) electrons. The van der Waals surface area contributed by atoms with Crippen LogP contribution in [0.3, 0.4) is 0 Å². The van der Waals surface area contributed by atoms with Gasteiger partial charge in [0.1, 0.15) is 17.6 Å². The van der Waals surface area contributed by atoms with E-state index in [1.54, 1.807) is 6.07 Å². The molecule has 3 aliphatic rings. The Hall–Kier alpha value is -2.59. The maximum atomic E-state index is 11.8. The van der Waals surface area contributed by atoms with E-state index in [1.165, 1.54) is 0 Å². The zero-order chi connectivity index (χ0) is 22.2. The first-order chi connectivity index (χ1) is 15.5. The molecule has 1 aromatic heterocycles. The number of ether oxygens (including phenoxy) is 1. The zero-order valence-electron chi connectivity index (χ0n) is 18.1. The van der Waals surface area contributed by atoms with Crippen molar-refractivity contribution >= 4 is 17.0 Å². The lowest BCUT2D eigenvalue weighted by atomic mass is 9.83. The number of esters is 1. The monoisotopic (exact) mass is 440 g/mol. The first-order valence-electron chi connectivity index (χ1n) is 11.1. The van der Waals surface area contributed by atoms with E-state index in [0.717, 1.165) is 48.5 Å². The molecule has 2 fully saturated rings. The molecule has 2 aliphatic heterocycles. The summed E-state index contributed by atoms with van der Waals surface area (Å²) in [6.45, 7) is 6.71. The molecule has 3 atom stereocenters. The van der Waals surface area contributed by atoms with Gasteiger partial charge in [-0.2, -0.15) is 0 Å². The summed E-state index contributed by atoms with van der Waals surface area (Å²) in [5.74, 6) is -0.317. The molecule has 0 saturated carbocycles. The van der Waals surface area contributed by atoms with E-state index in [9.17, 15) is 15.0 Å². The molecule has 9 heteroatoms. The average Bonchev–Trinajstić information content (AvgIpc) is 3.42. The molecule has 170 valence electrons. The summed E-state index contributed by atoms with van der Waals surface area (Å²) in [7, 11) is 0. The molecule has 1 aliphatic carbocycles. The summed E-state index contributed by atoms with van der Waals surface area (Å²) in [4.78, 5) is 16.3. The van der Waals surface area contributed by atoms with Gasteiger partial charge >= 0.3 is 5.97 Å². The lowest BCUT2D eigenvalue weighted by molar-refractivity contribution is -0.141. The van der Waals surface area contributed by atoms with Gasteiger partial charge in [0.2, 0.25) is 0 Å². The van der Waals surface area contributed by atoms with Crippen molar-refractivity contribution in [2.75, 3.05) is 45.9 Å². The molecule has 0 spiro atoms. The van der Waals surface area contributed by atoms with Crippen molar-refractivity contribution < 1.29 is 24.4 Å². The SMILES string of the molecule is CC1=C2COC(=O)C2CC=C1C(O)CN1CCN(CC(O)c2ccc3nonc3c2)CC1. The van der Waals surface area contributed by atoms with Crippen molar-refractivity contribution in [1.29, 1.82) is 0 Å². The van der Waals surface area contributed by atoms with Crippen LogP contribution in [0.5, 0.6) is 0 Å². The van der Waals surface area contributed by atoms with Gasteiger partial charge in [-0.05, 0) is 58.1 Å². The van der Waals surface area contributed by atoms with E-state index in [2.05, 4.69) is 20.1 Å². The molecule has 2 saturated heterocycles. The molecule has 2 aromatic rings. The van der Waals surface area contributed by atoms with Gasteiger partial charge in [-0.25, -0.2) is 4.63 Å². The first-order valence-corrected chi connectivity index (χ1v) is 11.1. The summed E-state index contributed by atoms with van der Waals surface area (Å²) in [6, 6.07) is 5.47. The predicted octanol–water partition coefficient (Wildman–Crippen LogP) is 1.05. The molecule has 0 amide bonds. The van der Waals surface area contributed by atoms with Crippen LogP contribution in [0.25, 0.3) is 11.0 Å². The molecule has 32 heavy (non-hydrogen) atoms. The highest BCUT2D eigenvalue weighted by Gasteiger charge is 2.36.